The molecule has 0 saturated carbocycles. The van der Waals surface area contributed by atoms with Crippen molar-refractivity contribution in [3.63, 3.8) is 0 Å². The molecule has 0 fully saturated rings. The second kappa shape index (κ2) is 9.61. The summed E-state index contributed by atoms with van der Waals surface area (Å²) in [5.74, 6) is 0. The molecule has 7 aromatic rings. The minimum absolute atomic E-state index is 0.0700. The lowest BCUT2D eigenvalue weighted by atomic mass is 9.86. The number of aromatic nitrogens is 1. The van der Waals surface area contributed by atoms with Gasteiger partial charge in [0.05, 0.1) is 11.0 Å². The van der Waals surface area contributed by atoms with Gasteiger partial charge in [-0.05, 0) is 64.2 Å². The molecule has 7 rings (SSSR count). The summed E-state index contributed by atoms with van der Waals surface area (Å²) < 4.78 is 17.8. The van der Waals surface area contributed by atoms with E-state index in [-0.39, 0.29) is 5.41 Å². The van der Waals surface area contributed by atoms with E-state index in [1.807, 2.05) is 36.4 Å². The summed E-state index contributed by atoms with van der Waals surface area (Å²) in [4.78, 5) is 0. The van der Waals surface area contributed by atoms with Crippen molar-refractivity contribution in [1.29, 1.82) is 0 Å². The van der Waals surface area contributed by atoms with Crippen LogP contribution in [0.4, 0.5) is 0 Å². The molecule has 2 nitrogen and oxygen atoms in total. The molecule has 1 atom stereocenters. The number of fused-ring (bicyclic) bond motifs is 4. The molecule has 0 saturated heterocycles. The van der Waals surface area contributed by atoms with Crippen LogP contribution in [0.2, 0.25) is 0 Å². The van der Waals surface area contributed by atoms with E-state index in [0.29, 0.717) is 0 Å². The first-order chi connectivity index (χ1) is 19.8. The van der Waals surface area contributed by atoms with Crippen molar-refractivity contribution in [3.05, 3.63) is 145 Å². The van der Waals surface area contributed by atoms with E-state index in [4.69, 9.17) is 0 Å². The maximum absolute atomic E-state index is 15.5. The Morgan fingerprint density at radius 2 is 1.10 bits per heavy atom. The van der Waals surface area contributed by atoms with Crippen molar-refractivity contribution >= 4 is 55.6 Å². The third-order valence-electron chi connectivity index (χ3n) is 8.21. The molecule has 0 aliphatic heterocycles. The van der Waals surface area contributed by atoms with Crippen molar-refractivity contribution in [2.75, 3.05) is 0 Å². The molecular weight excluding hydrogens is 517 g/mol. The molecule has 0 aliphatic carbocycles. The van der Waals surface area contributed by atoms with Crippen LogP contribution in [0, 0.1) is 0 Å². The lowest BCUT2D eigenvalue weighted by Gasteiger charge is -2.22. The Bertz CT molecular complexity index is 2100. The number of para-hydroxylation sites is 2. The maximum Gasteiger partial charge on any atom is 0.171 e. The predicted octanol–water partition coefficient (Wildman–Crippen LogP) is 8.87. The first-order valence-corrected chi connectivity index (χ1v) is 15.8. The van der Waals surface area contributed by atoms with E-state index in [1.54, 1.807) is 0 Å². The summed E-state index contributed by atoms with van der Waals surface area (Å²) in [7, 11) is -3.18. The number of rotatable bonds is 4. The minimum Gasteiger partial charge on any atom is -0.309 e. The lowest BCUT2D eigenvalue weighted by molar-refractivity contribution is 0.591. The summed E-state index contributed by atoms with van der Waals surface area (Å²) in [5, 5.41) is 7.07. The average molecular weight is 550 g/mol. The van der Waals surface area contributed by atoms with E-state index in [2.05, 4.69) is 128 Å². The van der Waals surface area contributed by atoms with Crippen LogP contribution < -0.4 is 15.9 Å². The van der Waals surface area contributed by atoms with Crippen LogP contribution in [0.1, 0.15) is 26.3 Å². The van der Waals surface area contributed by atoms with Gasteiger partial charge in [-0.25, -0.2) is 0 Å². The fourth-order valence-electron chi connectivity index (χ4n) is 5.99. The normalized spacial score (nSPS) is 13.5. The summed E-state index contributed by atoms with van der Waals surface area (Å²) >= 11 is 0. The maximum atomic E-state index is 15.5. The number of hydrogen-bond donors (Lipinski definition) is 0. The first-order valence-electron chi connectivity index (χ1n) is 14.1. The van der Waals surface area contributed by atoms with E-state index in [0.717, 1.165) is 48.8 Å². The van der Waals surface area contributed by atoms with Crippen molar-refractivity contribution in [1.82, 2.24) is 4.57 Å². The number of hydrogen-bond acceptors (Lipinski definition) is 1. The largest absolute Gasteiger partial charge is 0.309 e. The van der Waals surface area contributed by atoms with Crippen LogP contribution in [-0.2, 0) is 9.98 Å². The van der Waals surface area contributed by atoms with Crippen LogP contribution in [0.25, 0.3) is 38.3 Å². The van der Waals surface area contributed by atoms with Gasteiger partial charge in [0.25, 0.3) is 0 Å². The highest BCUT2D eigenvalue weighted by Gasteiger charge is 2.31. The van der Waals surface area contributed by atoms with Crippen molar-refractivity contribution in [2.45, 2.75) is 26.2 Å². The Labute approximate surface area is 241 Å². The van der Waals surface area contributed by atoms with Gasteiger partial charge in [-0.3, -0.25) is 0 Å². The van der Waals surface area contributed by atoms with Crippen LogP contribution in [-0.4, -0.2) is 4.57 Å². The Morgan fingerprint density at radius 1 is 0.512 bits per heavy atom. The van der Waals surface area contributed by atoms with E-state index in [9.17, 15) is 0 Å². The summed E-state index contributed by atoms with van der Waals surface area (Å²) in [6.45, 7) is 6.70. The third kappa shape index (κ3) is 4.22. The van der Waals surface area contributed by atoms with Crippen LogP contribution in [0.15, 0.2) is 140 Å². The minimum atomic E-state index is -3.18. The van der Waals surface area contributed by atoms with Gasteiger partial charge in [0, 0.05) is 32.4 Å². The summed E-state index contributed by atoms with van der Waals surface area (Å²) in [6, 6.07) is 48.2. The SMILES string of the molecule is CC(C)(C)c1ccc2cc(P(=O)(c3ccccc3)c3ccc4c(c3)c3ccccc3n4-c3ccccc3)ccc2c1. The van der Waals surface area contributed by atoms with Crippen LogP contribution >= 0.6 is 7.14 Å². The average Bonchev–Trinajstić information content (AvgIpc) is 3.34. The van der Waals surface area contributed by atoms with E-state index in [1.165, 1.54) is 10.9 Å². The Morgan fingerprint density at radius 3 is 1.85 bits per heavy atom. The molecule has 0 N–H and O–H groups in total. The monoisotopic (exact) mass is 549 g/mol. The van der Waals surface area contributed by atoms with Gasteiger partial charge in [-0.1, -0.05) is 118 Å². The molecule has 1 heterocycles. The first kappa shape index (κ1) is 25.6. The zero-order valence-electron chi connectivity index (χ0n) is 23.6. The topological polar surface area (TPSA) is 22.0 Å². The zero-order chi connectivity index (χ0) is 28.2. The highest BCUT2D eigenvalue weighted by atomic mass is 31.2. The molecule has 0 amide bonds. The zero-order valence-corrected chi connectivity index (χ0v) is 24.5. The van der Waals surface area contributed by atoms with Gasteiger partial charge in [0.2, 0.25) is 0 Å². The van der Waals surface area contributed by atoms with Crippen molar-refractivity contribution in [3.8, 4) is 5.69 Å². The fraction of sp³-hybridized carbons (Fsp3) is 0.105. The van der Waals surface area contributed by atoms with Crippen molar-refractivity contribution in [2.24, 2.45) is 0 Å². The van der Waals surface area contributed by atoms with E-state index < -0.39 is 7.14 Å². The van der Waals surface area contributed by atoms with Gasteiger partial charge < -0.3 is 9.13 Å². The molecule has 0 radical (unpaired) electrons. The molecular formula is C38H32NOP. The van der Waals surface area contributed by atoms with Crippen LogP contribution in [0.5, 0.6) is 0 Å². The van der Waals surface area contributed by atoms with Gasteiger partial charge >= 0.3 is 0 Å². The van der Waals surface area contributed by atoms with E-state index >= 15 is 4.57 Å². The van der Waals surface area contributed by atoms with Gasteiger partial charge in [-0.15, -0.1) is 0 Å². The molecule has 1 unspecified atom stereocenters. The molecule has 0 aliphatic rings. The highest BCUT2D eigenvalue weighted by molar-refractivity contribution is 7.85. The second-order valence-corrected chi connectivity index (χ2v) is 14.6. The molecule has 1 aromatic heterocycles. The third-order valence-corrected chi connectivity index (χ3v) is 11.2. The smallest absolute Gasteiger partial charge is 0.171 e. The van der Waals surface area contributed by atoms with Crippen molar-refractivity contribution < 1.29 is 4.57 Å². The Balaban J connectivity index is 1.48. The standard InChI is InChI=1S/C38H32NOP/c1-38(2,3)29-20-18-28-25-32(21-19-27(28)24-29)41(40,31-14-8-5-9-15-31)33-22-23-37-35(26-33)34-16-10-11-17-36(34)39(37)30-12-6-4-7-13-30/h4-26H,1-3H3. The Kier molecular flexibility index (Phi) is 6.00. The molecule has 0 spiro atoms. The highest BCUT2D eigenvalue weighted by Crippen LogP contribution is 2.44. The lowest BCUT2D eigenvalue weighted by Crippen LogP contribution is -2.25. The summed E-state index contributed by atoms with van der Waals surface area (Å²) in [6.07, 6.45) is 0. The molecule has 3 heteroatoms. The molecule has 0 bridgehead atoms. The predicted molar refractivity (Wildman–Crippen MR) is 176 cm³/mol. The summed E-state index contributed by atoms with van der Waals surface area (Å²) in [5.41, 5.74) is 4.72. The fourth-order valence-corrected chi connectivity index (χ4v) is 8.68. The quantitative estimate of drug-likeness (QED) is 0.201. The van der Waals surface area contributed by atoms with Gasteiger partial charge in [0.1, 0.15) is 0 Å². The molecule has 200 valence electrons. The second-order valence-electron chi connectivity index (χ2n) is 11.8. The Hall–Kier alpha value is -4.39. The molecule has 6 aromatic carbocycles. The number of benzene rings is 6. The molecule has 41 heavy (non-hydrogen) atoms. The van der Waals surface area contributed by atoms with Gasteiger partial charge in [-0.2, -0.15) is 0 Å². The van der Waals surface area contributed by atoms with Gasteiger partial charge in [0.15, 0.2) is 7.14 Å². The van der Waals surface area contributed by atoms with Crippen LogP contribution in [0.3, 0.4) is 0 Å². The number of nitrogens with zero attached hydrogens (tertiary/aromatic N) is 1.